The molecule has 6 heteroatoms. The lowest BCUT2D eigenvalue weighted by Gasteiger charge is -2.17. The highest BCUT2D eigenvalue weighted by Gasteiger charge is 2.20. The number of pyridine rings is 2. The quantitative estimate of drug-likeness (QED) is 0.632. The summed E-state index contributed by atoms with van der Waals surface area (Å²) in [5.74, 6) is 1.77. The molecule has 0 aliphatic carbocycles. The maximum absolute atomic E-state index is 6.61. The van der Waals surface area contributed by atoms with Crippen LogP contribution >= 0.6 is 11.6 Å². The van der Waals surface area contributed by atoms with Gasteiger partial charge in [0.1, 0.15) is 11.5 Å². The summed E-state index contributed by atoms with van der Waals surface area (Å²) in [6.07, 6.45) is 1.82. The summed E-state index contributed by atoms with van der Waals surface area (Å²) < 4.78 is 16.7. The summed E-state index contributed by atoms with van der Waals surface area (Å²) in [5.41, 5.74) is 3.23. The number of hydrogen-bond acceptors (Lipinski definition) is 5. The molecule has 3 rings (SSSR count). The van der Waals surface area contributed by atoms with Crippen LogP contribution < -0.4 is 14.2 Å². The van der Waals surface area contributed by atoms with E-state index in [9.17, 15) is 0 Å². The van der Waals surface area contributed by atoms with Crippen LogP contribution in [0.2, 0.25) is 5.02 Å². The average molecular weight is 373 g/mol. The predicted molar refractivity (Wildman–Crippen MR) is 104 cm³/mol. The zero-order valence-corrected chi connectivity index (χ0v) is 16.3. The maximum atomic E-state index is 6.61. The largest absolute Gasteiger partial charge is 0.496 e. The first-order chi connectivity index (χ1) is 12.5. The van der Waals surface area contributed by atoms with Gasteiger partial charge in [-0.15, -0.1) is 0 Å². The summed E-state index contributed by atoms with van der Waals surface area (Å²) >= 11 is 6.61. The normalized spacial score (nSPS) is 10.8. The smallest absolute Gasteiger partial charge is 0.222 e. The molecule has 0 saturated heterocycles. The first-order valence-corrected chi connectivity index (χ1v) is 8.69. The second-order valence-electron chi connectivity index (χ2n) is 5.89. The molecule has 0 atom stereocenters. The lowest BCUT2D eigenvalue weighted by atomic mass is 10.0. The van der Waals surface area contributed by atoms with Gasteiger partial charge in [-0.05, 0) is 32.9 Å². The van der Waals surface area contributed by atoms with E-state index in [1.54, 1.807) is 20.3 Å². The molecular formula is C20H21ClN2O3. The van der Waals surface area contributed by atoms with Crippen LogP contribution in [-0.4, -0.2) is 30.8 Å². The van der Waals surface area contributed by atoms with Gasteiger partial charge in [0.05, 0.1) is 31.5 Å². The molecule has 0 spiro atoms. The molecule has 0 fully saturated rings. The molecule has 3 aromatic rings. The van der Waals surface area contributed by atoms with Crippen LogP contribution in [0.3, 0.4) is 0 Å². The lowest BCUT2D eigenvalue weighted by molar-refractivity contribution is 0.331. The fourth-order valence-corrected chi connectivity index (χ4v) is 3.33. The summed E-state index contributed by atoms with van der Waals surface area (Å²) in [5, 5.41) is 2.34. The number of ether oxygens (including phenoxy) is 3. The molecule has 0 aliphatic heterocycles. The second-order valence-corrected chi connectivity index (χ2v) is 6.27. The van der Waals surface area contributed by atoms with Crippen LogP contribution in [0.5, 0.6) is 17.4 Å². The van der Waals surface area contributed by atoms with Gasteiger partial charge in [0, 0.05) is 39.9 Å². The van der Waals surface area contributed by atoms with Crippen molar-refractivity contribution in [1.82, 2.24) is 9.97 Å². The second kappa shape index (κ2) is 7.38. The number of fused-ring (bicyclic) bond motifs is 1. The molecule has 0 aliphatic rings. The molecule has 26 heavy (non-hydrogen) atoms. The molecule has 0 saturated carbocycles. The monoisotopic (exact) mass is 372 g/mol. The van der Waals surface area contributed by atoms with E-state index in [-0.39, 0.29) is 0 Å². The van der Waals surface area contributed by atoms with Crippen LogP contribution in [0.1, 0.15) is 18.2 Å². The van der Waals surface area contributed by atoms with Gasteiger partial charge < -0.3 is 14.2 Å². The van der Waals surface area contributed by atoms with Crippen molar-refractivity contribution < 1.29 is 14.2 Å². The fourth-order valence-electron chi connectivity index (χ4n) is 2.96. The van der Waals surface area contributed by atoms with Gasteiger partial charge in [0.2, 0.25) is 5.88 Å². The molecule has 2 heterocycles. The van der Waals surface area contributed by atoms with Gasteiger partial charge in [-0.3, -0.25) is 4.98 Å². The van der Waals surface area contributed by atoms with Gasteiger partial charge in [0.25, 0.3) is 0 Å². The van der Waals surface area contributed by atoms with E-state index in [0.29, 0.717) is 34.7 Å². The number of methoxy groups -OCH3 is 2. The number of rotatable bonds is 5. The molecule has 0 bridgehead atoms. The summed E-state index contributed by atoms with van der Waals surface area (Å²) in [4.78, 5) is 9.12. The average Bonchev–Trinajstić information content (AvgIpc) is 2.63. The van der Waals surface area contributed by atoms with E-state index in [0.717, 1.165) is 27.6 Å². The van der Waals surface area contributed by atoms with Crippen molar-refractivity contribution in [1.29, 1.82) is 0 Å². The first-order valence-electron chi connectivity index (χ1n) is 8.31. The van der Waals surface area contributed by atoms with E-state index in [4.69, 9.17) is 30.8 Å². The summed E-state index contributed by atoms with van der Waals surface area (Å²) in [6, 6.07) is 5.70. The Morgan fingerprint density at radius 3 is 2.42 bits per heavy atom. The SMILES string of the molecule is CCOc1nc(-c2c(C)c(OC)cc(OC)c2Cl)cc2cnc(C)cc12. The topological polar surface area (TPSA) is 53.5 Å². The zero-order chi connectivity index (χ0) is 18.8. The Morgan fingerprint density at radius 2 is 1.77 bits per heavy atom. The van der Waals surface area contributed by atoms with Crippen molar-refractivity contribution in [2.24, 2.45) is 0 Å². The Kier molecular flexibility index (Phi) is 5.18. The Hall–Kier alpha value is -2.53. The third kappa shape index (κ3) is 3.15. The predicted octanol–water partition coefficient (Wildman–Crippen LogP) is 4.98. The van der Waals surface area contributed by atoms with Crippen molar-refractivity contribution >= 4 is 22.4 Å². The van der Waals surface area contributed by atoms with Gasteiger partial charge in [0.15, 0.2) is 0 Å². The number of aromatic nitrogens is 2. The van der Waals surface area contributed by atoms with Gasteiger partial charge in [-0.1, -0.05) is 11.6 Å². The molecule has 0 radical (unpaired) electrons. The fraction of sp³-hybridized carbons (Fsp3) is 0.300. The van der Waals surface area contributed by atoms with Crippen molar-refractivity contribution in [2.45, 2.75) is 20.8 Å². The Morgan fingerprint density at radius 1 is 1.04 bits per heavy atom. The van der Waals surface area contributed by atoms with E-state index in [1.165, 1.54) is 0 Å². The highest BCUT2D eigenvalue weighted by atomic mass is 35.5. The number of benzene rings is 1. The van der Waals surface area contributed by atoms with E-state index < -0.39 is 0 Å². The standard InChI is InChI=1S/C20H21ClN2O3/c1-6-26-20-14-7-11(2)22-10-13(14)8-15(23-20)18-12(3)16(24-4)9-17(25-5)19(18)21/h7-10H,6H2,1-5H3. The van der Waals surface area contributed by atoms with Crippen molar-refractivity contribution in [3.8, 4) is 28.6 Å². The van der Waals surface area contributed by atoms with Crippen molar-refractivity contribution in [3.63, 3.8) is 0 Å². The third-order valence-electron chi connectivity index (χ3n) is 4.24. The van der Waals surface area contributed by atoms with Crippen LogP contribution in [0.4, 0.5) is 0 Å². The third-order valence-corrected chi connectivity index (χ3v) is 4.61. The molecular weight excluding hydrogens is 352 g/mol. The van der Waals surface area contributed by atoms with Crippen LogP contribution in [-0.2, 0) is 0 Å². The van der Waals surface area contributed by atoms with Gasteiger partial charge in [-0.2, -0.15) is 0 Å². The number of nitrogens with zero attached hydrogens (tertiary/aromatic N) is 2. The highest BCUT2D eigenvalue weighted by molar-refractivity contribution is 6.35. The molecule has 0 amide bonds. The number of hydrogen-bond donors (Lipinski definition) is 0. The van der Waals surface area contributed by atoms with Crippen LogP contribution in [0.25, 0.3) is 22.0 Å². The van der Waals surface area contributed by atoms with Crippen molar-refractivity contribution in [2.75, 3.05) is 20.8 Å². The van der Waals surface area contributed by atoms with E-state index in [1.807, 2.05) is 39.1 Å². The Bertz CT molecular complexity index is 945. The van der Waals surface area contributed by atoms with Crippen LogP contribution in [0, 0.1) is 13.8 Å². The van der Waals surface area contributed by atoms with E-state index in [2.05, 4.69) is 4.98 Å². The maximum Gasteiger partial charge on any atom is 0.222 e. The van der Waals surface area contributed by atoms with Gasteiger partial charge >= 0.3 is 0 Å². The van der Waals surface area contributed by atoms with E-state index >= 15 is 0 Å². The molecule has 2 aromatic heterocycles. The van der Waals surface area contributed by atoms with Crippen LogP contribution in [0.15, 0.2) is 24.4 Å². The Labute approximate surface area is 157 Å². The summed E-state index contributed by atoms with van der Waals surface area (Å²) in [6.45, 7) is 6.33. The Balaban J connectivity index is 2.34. The number of aryl methyl sites for hydroxylation is 1. The minimum Gasteiger partial charge on any atom is -0.496 e. The highest BCUT2D eigenvalue weighted by Crippen LogP contribution is 2.43. The van der Waals surface area contributed by atoms with Crippen molar-refractivity contribution in [3.05, 3.63) is 40.7 Å². The molecule has 0 unspecified atom stereocenters. The minimum atomic E-state index is 0.486. The molecule has 1 aromatic carbocycles. The van der Waals surface area contributed by atoms with Gasteiger partial charge in [-0.25, -0.2) is 4.98 Å². The summed E-state index contributed by atoms with van der Waals surface area (Å²) in [7, 11) is 3.19. The molecule has 5 nitrogen and oxygen atoms in total. The minimum absolute atomic E-state index is 0.486. The molecule has 136 valence electrons. The number of halogens is 1. The lowest BCUT2D eigenvalue weighted by Crippen LogP contribution is -2.00. The molecule has 0 N–H and O–H groups in total. The first kappa shape index (κ1) is 18.3. The zero-order valence-electron chi connectivity index (χ0n) is 15.5.